The molecule has 0 fully saturated rings. The van der Waals surface area contributed by atoms with Crippen LogP contribution in [0, 0.1) is 11.6 Å². The largest absolute Gasteiger partial charge is 0.457 e. The van der Waals surface area contributed by atoms with Crippen molar-refractivity contribution in [2.24, 2.45) is 0 Å². The minimum absolute atomic E-state index is 0.00468. The van der Waals surface area contributed by atoms with Crippen LogP contribution >= 0.6 is 0 Å². The molecule has 0 aliphatic heterocycles. The number of ether oxygens (including phenoxy) is 1. The molecule has 0 spiro atoms. The summed E-state index contributed by atoms with van der Waals surface area (Å²) in [5.41, 5.74) is 3.93. The second-order valence-corrected chi connectivity index (χ2v) is 6.76. The molecule has 1 N–H and O–H groups in total. The van der Waals surface area contributed by atoms with Gasteiger partial charge in [0.25, 0.3) is 0 Å². The maximum atomic E-state index is 13.9. The van der Waals surface area contributed by atoms with Crippen molar-refractivity contribution in [2.75, 3.05) is 0 Å². The Labute approximate surface area is 154 Å². The quantitative estimate of drug-likeness (QED) is 0.501. The molecule has 134 valence electrons. The number of aromatic amines is 1. The highest BCUT2D eigenvalue weighted by Crippen LogP contribution is 2.31. The van der Waals surface area contributed by atoms with Crippen molar-refractivity contribution in [1.29, 1.82) is 0 Å². The van der Waals surface area contributed by atoms with Crippen LogP contribution in [0.2, 0.25) is 0 Å². The highest BCUT2D eigenvalue weighted by atomic mass is 19.2. The van der Waals surface area contributed by atoms with E-state index in [0.29, 0.717) is 17.1 Å². The number of nitrogens with one attached hydrogen (secondary N) is 1. The number of imidazole rings is 1. The predicted molar refractivity (Wildman–Crippen MR) is 100.0 cm³/mol. The number of aromatic nitrogens is 2. The summed E-state index contributed by atoms with van der Waals surface area (Å²) in [6.45, 7) is 0. The van der Waals surface area contributed by atoms with E-state index in [0.717, 1.165) is 30.2 Å². The van der Waals surface area contributed by atoms with E-state index in [-0.39, 0.29) is 5.52 Å². The predicted octanol–water partition coefficient (Wildman–Crippen LogP) is 5.79. The van der Waals surface area contributed by atoms with E-state index in [4.69, 9.17) is 4.74 Å². The minimum Gasteiger partial charge on any atom is -0.457 e. The topological polar surface area (TPSA) is 37.9 Å². The van der Waals surface area contributed by atoms with E-state index < -0.39 is 11.6 Å². The number of halogens is 2. The van der Waals surface area contributed by atoms with Gasteiger partial charge >= 0.3 is 0 Å². The molecule has 0 saturated carbocycles. The van der Waals surface area contributed by atoms with Gasteiger partial charge in [-0.05, 0) is 66.8 Å². The fourth-order valence-electron chi connectivity index (χ4n) is 3.61. The number of aryl methyl sites for hydroxylation is 2. The molecule has 0 amide bonds. The Morgan fingerprint density at radius 3 is 2.67 bits per heavy atom. The average Bonchev–Trinajstić information content (AvgIpc) is 3.32. The van der Waals surface area contributed by atoms with Crippen LogP contribution in [0.15, 0.2) is 54.6 Å². The molecule has 5 heteroatoms. The maximum Gasteiger partial charge on any atom is 0.186 e. The molecule has 1 aliphatic carbocycles. The van der Waals surface area contributed by atoms with Crippen LogP contribution in [0.25, 0.3) is 22.4 Å². The first kappa shape index (κ1) is 16.0. The van der Waals surface area contributed by atoms with Crippen LogP contribution in [-0.4, -0.2) is 9.97 Å². The summed E-state index contributed by atoms with van der Waals surface area (Å²) in [4.78, 5) is 7.24. The van der Waals surface area contributed by atoms with Crippen molar-refractivity contribution in [3.63, 3.8) is 0 Å². The molecule has 1 aromatic heterocycles. The molecule has 0 radical (unpaired) electrons. The number of benzene rings is 3. The molecule has 3 aromatic carbocycles. The molecule has 5 rings (SSSR count). The first-order chi connectivity index (χ1) is 13.2. The zero-order valence-electron chi connectivity index (χ0n) is 14.4. The maximum absolute atomic E-state index is 13.9. The number of H-pyrrole nitrogens is 1. The zero-order chi connectivity index (χ0) is 18.4. The second kappa shape index (κ2) is 6.20. The standard InChI is InChI=1S/C22H16F2N2O/c23-18-9-10-19-21(20(18)24)26-22(25-19)15-5-2-6-16(12-15)27-17-8-7-13-3-1-4-14(13)11-17/h2,5-12H,1,3-4H2,(H,25,26). The molecule has 4 aromatic rings. The molecule has 0 atom stereocenters. The van der Waals surface area contributed by atoms with E-state index in [2.05, 4.69) is 22.1 Å². The number of rotatable bonds is 3. The molecular formula is C22H16F2N2O. The van der Waals surface area contributed by atoms with Gasteiger partial charge < -0.3 is 9.72 Å². The number of hydrogen-bond donors (Lipinski definition) is 1. The fourth-order valence-corrected chi connectivity index (χ4v) is 3.61. The lowest BCUT2D eigenvalue weighted by Crippen LogP contribution is -1.89. The Morgan fingerprint density at radius 2 is 1.74 bits per heavy atom. The van der Waals surface area contributed by atoms with Crippen LogP contribution in [0.4, 0.5) is 8.78 Å². The summed E-state index contributed by atoms with van der Waals surface area (Å²) in [5.74, 6) is 0.0757. The van der Waals surface area contributed by atoms with Gasteiger partial charge in [0, 0.05) is 5.56 Å². The van der Waals surface area contributed by atoms with Crippen LogP contribution in [-0.2, 0) is 12.8 Å². The molecule has 3 nitrogen and oxygen atoms in total. The van der Waals surface area contributed by atoms with Crippen LogP contribution in [0.1, 0.15) is 17.5 Å². The zero-order valence-corrected chi connectivity index (χ0v) is 14.4. The van der Waals surface area contributed by atoms with Crippen molar-refractivity contribution in [3.8, 4) is 22.9 Å². The van der Waals surface area contributed by atoms with Gasteiger partial charge in [0.1, 0.15) is 22.8 Å². The lowest BCUT2D eigenvalue weighted by Gasteiger charge is -2.08. The van der Waals surface area contributed by atoms with Crippen LogP contribution in [0.5, 0.6) is 11.5 Å². The van der Waals surface area contributed by atoms with Crippen LogP contribution in [0.3, 0.4) is 0 Å². The van der Waals surface area contributed by atoms with E-state index in [1.54, 1.807) is 0 Å². The van der Waals surface area contributed by atoms with Crippen molar-refractivity contribution in [2.45, 2.75) is 19.3 Å². The summed E-state index contributed by atoms with van der Waals surface area (Å²) in [6.07, 6.45) is 3.42. The fraction of sp³-hybridized carbons (Fsp3) is 0.136. The monoisotopic (exact) mass is 362 g/mol. The van der Waals surface area contributed by atoms with Crippen molar-refractivity contribution in [1.82, 2.24) is 9.97 Å². The third-order valence-corrected chi connectivity index (χ3v) is 4.96. The molecule has 0 unspecified atom stereocenters. The second-order valence-electron chi connectivity index (χ2n) is 6.76. The van der Waals surface area contributed by atoms with E-state index in [1.165, 1.54) is 23.6 Å². The van der Waals surface area contributed by atoms with E-state index in [1.807, 2.05) is 30.3 Å². The van der Waals surface area contributed by atoms with Crippen molar-refractivity contribution in [3.05, 3.63) is 77.4 Å². The number of fused-ring (bicyclic) bond motifs is 2. The molecular weight excluding hydrogens is 346 g/mol. The molecule has 0 saturated heterocycles. The first-order valence-electron chi connectivity index (χ1n) is 8.91. The van der Waals surface area contributed by atoms with E-state index >= 15 is 0 Å². The molecule has 1 aliphatic rings. The Kier molecular flexibility index (Phi) is 3.67. The minimum atomic E-state index is -0.944. The highest BCUT2D eigenvalue weighted by molar-refractivity contribution is 5.80. The summed E-state index contributed by atoms with van der Waals surface area (Å²) >= 11 is 0. The Balaban J connectivity index is 1.48. The van der Waals surface area contributed by atoms with Gasteiger partial charge in [0.15, 0.2) is 11.6 Å². The first-order valence-corrected chi connectivity index (χ1v) is 8.91. The van der Waals surface area contributed by atoms with Crippen molar-refractivity contribution >= 4 is 11.0 Å². The SMILES string of the molecule is Fc1ccc2[nH]c(-c3cccc(Oc4ccc5c(c4)CCC5)c3)nc2c1F. The lowest BCUT2D eigenvalue weighted by atomic mass is 10.1. The number of nitrogens with zero attached hydrogens (tertiary/aromatic N) is 1. The van der Waals surface area contributed by atoms with Gasteiger partial charge in [-0.2, -0.15) is 0 Å². The summed E-state index contributed by atoms with van der Waals surface area (Å²) in [7, 11) is 0. The Hall–Kier alpha value is -3.21. The summed E-state index contributed by atoms with van der Waals surface area (Å²) in [5, 5.41) is 0. The Morgan fingerprint density at radius 1 is 0.889 bits per heavy atom. The average molecular weight is 362 g/mol. The van der Waals surface area contributed by atoms with Gasteiger partial charge in [0.05, 0.1) is 5.52 Å². The van der Waals surface area contributed by atoms with Gasteiger partial charge in [-0.1, -0.05) is 18.2 Å². The third-order valence-electron chi connectivity index (χ3n) is 4.96. The van der Waals surface area contributed by atoms with Gasteiger partial charge in [-0.15, -0.1) is 0 Å². The van der Waals surface area contributed by atoms with Gasteiger partial charge in [0.2, 0.25) is 0 Å². The summed E-state index contributed by atoms with van der Waals surface area (Å²) in [6, 6.07) is 16.2. The normalized spacial score (nSPS) is 13.1. The number of hydrogen-bond acceptors (Lipinski definition) is 2. The molecule has 1 heterocycles. The molecule has 27 heavy (non-hydrogen) atoms. The van der Waals surface area contributed by atoms with Crippen LogP contribution < -0.4 is 4.74 Å². The third kappa shape index (κ3) is 2.85. The van der Waals surface area contributed by atoms with E-state index in [9.17, 15) is 8.78 Å². The molecule has 0 bridgehead atoms. The van der Waals surface area contributed by atoms with Gasteiger partial charge in [-0.3, -0.25) is 0 Å². The lowest BCUT2D eigenvalue weighted by molar-refractivity contribution is 0.482. The van der Waals surface area contributed by atoms with Crippen molar-refractivity contribution < 1.29 is 13.5 Å². The highest BCUT2D eigenvalue weighted by Gasteiger charge is 2.14. The van der Waals surface area contributed by atoms with Gasteiger partial charge in [-0.25, -0.2) is 13.8 Å². The smallest absolute Gasteiger partial charge is 0.186 e. The summed E-state index contributed by atoms with van der Waals surface area (Å²) < 4.78 is 33.3. The Bertz CT molecular complexity index is 1170.